The summed E-state index contributed by atoms with van der Waals surface area (Å²) < 4.78 is 43.3. The Bertz CT molecular complexity index is 1810. The molecule has 4 aliphatic carbocycles. The lowest BCUT2D eigenvalue weighted by atomic mass is 9.46. The fraction of sp³-hybridized carbons (Fsp3) is 0.837. The van der Waals surface area contributed by atoms with Crippen molar-refractivity contribution in [2.75, 3.05) is 13.2 Å². The van der Waals surface area contributed by atoms with Crippen molar-refractivity contribution in [1.29, 1.82) is 0 Å². The Morgan fingerprint density at radius 3 is 2.32 bits per heavy atom. The quantitative estimate of drug-likeness (QED) is 0.204. The van der Waals surface area contributed by atoms with E-state index in [1.165, 1.54) is 57.2 Å². The summed E-state index contributed by atoms with van der Waals surface area (Å²) in [5, 5.41) is 16.1. The van der Waals surface area contributed by atoms with Crippen molar-refractivity contribution < 1.29 is 52.3 Å². The van der Waals surface area contributed by atoms with Gasteiger partial charge in [0.05, 0.1) is 19.3 Å². The molecule has 0 unspecified atom stereocenters. The van der Waals surface area contributed by atoms with Crippen LogP contribution in [0.4, 0.5) is 0 Å². The van der Waals surface area contributed by atoms with Gasteiger partial charge in [-0.05, 0) is 102 Å². The molecule has 1 N–H and O–H groups in total. The van der Waals surface area contributed by atoms with Crippen molar-refractivity contribution in [3.8, 4) is 0 Å². The van der Waals surface area contributed by atoms with Crippen LogP contribution in [0.3, 0.4) is 0 Å². The molecule has 7 aliphatic rings. The lowest BCUT2D eigenvalue weighted by Gasteiger charge is -2.58. The first-order valence-electron chi connectivity index (χ1n) is 21.8. The summed E-state index contributed by atoms with van der Waals surface area (Å²) in [5.41, 5.74) is 1.95. The molecular formula is C43H63N5O11. The third-order valence-electron chi connectivity index (χ3n) is 15.7. The molecule has 16 nitrogen and oxygen atoms in total. The zero-order chi connectivity index (χ0) is 42.0. The predicted octanol–water partition coefficient (Wildman–Crippen LogP) is 4.75. The van der Waals surface area contributed by atoms with E-state index in [1.54, 1.807) is 0 Å². The van der Waals surface area contributed by atoms with E-state index in [4.69, 9.17) is 33.2 Å². The maximum Gasteiger partial charge on any atom is 0.303 e. The molecule has 0 bridgehead atoms. The van der Waals surface area contributed by atoms with Crippen LogP contribution in [0.1, 0.15) is 125 Å². The summed E-state index contributed by atoms with van der Waals surface area (Å²) >= 11 is 0. The van der Waals surface area contributed by atoms with E-state index in [9.17, 15) is 19.2 Å². The van der Waals surface area contributed by atoms with Gasteiger partial charge < -0.3 is 38.5 Å². The normalized spacial score (nSPS) is 43.7. The van der Waals surface area contributed by atoms with E-state index in [2.05, 4.69) is 54.6 Å². The average molecular weight is 826 g/mol. The standard InChI is InChI=1S/C43H63N5O11/c1-22-11-16-43(54-20-22)23(2)36-33(59-43)18-32-30-10-9-28-17-29(12-14-41(28,7)31(30)13-15-42(32,36)8)44-19-35-45-46-47-48(35)40-39(57-27(6)52)38(56-26(5)51)37(55-25(4)50)34(58-40)21-53-24(3)49/h9,22-23,29-34,36-40,44H,10-21H2,1-8H3/t22-,23+,29+,30-,31+,32+,33+,34-,36+,37-,38+,39-,40-,41+,42+,43-/m1/s1. The van der Waals surface area contributed by atoms with E-state index in [0.717, 1.165) is 45.1 Å². The Hall–Kier alpha value is -3.47. The van der Waals surface area contributed by atoms with E-state index >= 15 is 0 Å². The molecule has 0 amide bonds. The molecule has 3 saturated carbocycles. The molecule has 3 saturated heterocycles. The molecule has 326 valence electrons. The molecule has 0 radical (unpaired) electrons. The van der Waals surface area contributed by atoms with Crippen molar-refractivity contribution in [2.24, 2.45) is 46.3 Å². The van der Waals surface area contributed by atoms with Gasteiger partial charge in [-0.25, -0.2) is 0 Å². The number of nitrogens with zero attached hydrogens (tertiary/aromatic N) is 4. The second-order valence-corrected chi connectivity index (χ2v) is 19.2. The number of tetrazole rings is 1. The Morgan fingerprint density at radius 2 is 1.63 bits per heavy atom. The van der Waals surface area contributed by atoms with E-state index < -0.39 is 60.3 Å². The Labute approximate surface area is 346 Å². The van der Waals surface area contributed by atoms with Crippen LogP contribution in [0.15, 0.2) is 11.6 Å². The minimum absolute atomic E-state index is 0.145. The molecule has 4 heterocycles. The molecule has 1 spiro atoms. The number of esters is 4. The van der Waals surface area contributed by atoms with Gasteiger partial charge in [0, 0.05) is 46.1 Å². The van der Waals surface area contributed by atoms with Gasteiger partial charge in [-0.1, -0.05) is 39.3 Å². The lowest BCUT2D eigenvalue weighted by Crippen LogP contribution is -2.61. The summed E-state index contributed by atoms with van der Waals surface area (Å²) in [4.78, 5) is 48.8. The third-order valence-corrected chi connectivity index (χ3v) is 15.7. The van der Waals surface area contributed by atoms with Gasteiger partial charge >= 0.3 is 23.9 Å². The first-order valence-corrected chi connectivity index (χ1v) is 21.8. The highest BCUT2D eigenvalue weighted by atomic mass is 16.7. The first-order chi connectivity index (χ1) is 28.0. The van der Waals surface area contributed by atoms with Crippen LogP contribution in [-0.2, 0) is 58.9 Å². The second-order valence-electron chi connectivity index (χ2n) is 19.2. The summed E-state index contributed by atoms with van der Waals surface area (Å²) in [6, 6.07) is 0.176. The number of fused-ring (bicyclic) bond motifs is 7. The van der Waals surface area contributed by atoms with Gasteiger partial charge in [0.25, 0.3) is 0 Å². The molecule has 16 atom stereocenters. The van der Waals surface area contributed by atoms with Gasteiger partial charge in [0.15, 0.2) is 36.2 Å². The minimum atomic E-state index is -1.33. The average Bonchev–Trinajstić information content (AvgIpc) is 3.84. The van der Waals surface area contributed by atoms with Crippen molar-refractivity contribution in [2.45, 2.75) is 168 Å². The predicted molar refractivity (Wildman–Crippen MR) is 207 cm³/mol. The minimum Gasteiger partial charge on any atom is -0.463 e. The van der Waals surface area contributed by atoms with Gasteiger partial charge in [-0.2, -0.15) is 4.68 Å². The summed E-state index contributed by atoms with van der Waals surface area (Å²) in [6.45, 7) is 15.3. The summed E-state index contributed by atoms with van der Waals surface area (Å²) in [7, 11) is 0. The number of aromatic nitrogens is 4. The number of carbonyl (C=O) groups is 4. The molecule has 8 rings (SSSR count). The van der Waals surface area contributed by atoms with E-state index in [1.807, 2.05) is 0 Å². The van der Waals surface area contributed by atoms with Crippen LogP contribution in [0.2, 0.25) is 0 Å². The highest BCUT2D eigenvalue weighted by molar-refractivity contribution is 5.68. The maximum absolute atomic E-state index is 12.4. The molecule has 59 heavy (non-hydrogen) atoms. The second kappa shape index (κ2) is 16.1. The number of rotatable bonds is 9. The molecule has 0 aromatic carbocycles. The zero-order valence-electron chi connectivity index (χ0n) is 35.8. The molecular weight excluding hydrogens is 762 g/mol. The zero-order valence-corrected chi connectivity index (χ0v) is 35.8. The van der Waals surface area contributed by atoms with Crippen molar-refractivity contribution in [1.82, 2.24) is 25.5 Å². The van der Waals surface area contributed by atoms with Gasteiger partial charge in [0.2, 0.25) is 0 Å². The molecule has 16 heteroatoms. The third kappa shape index (κ3) is 7.62. The topological polar surface area (TPSA) is 189 Å². The molecule has 3 aliphatic heterocycles. The summed E-state index contributed by atoms with van der Waals surface area (Å²) in [5.74, 6) is 0.797. The van der Waals surface area contributed by atoms with Gasteiger partial charge in [-0.15, -0.1) is 5.10 Å². The SMILES string of the molecule is CC(=O)OC[C@H]1O[C@@H](n2nnnc2CN[C@H]2CC[C@@]3(C)C(=CC[C@H]4[C@@H]5C[C@@H]6O[C@]7(CC[C@@H](C)CO7)[C@@H](C)[C@@H]6[C@@]5(C)CC[C@@H]43)C2)[C@H](OC(C)=O)[C@@H](OC(C)=O)[C@@H]1OC(C)=O. The first kappa shape index (κ1) is 42.2. The largest absolute Gasteiger partial charge is 0.463 e. The lowest BCUT2D eigenvalue weighted by molar-refractivity contribution is -0.272. The van der Waals surface area contributed by atoms with Crippen LogP contribution in [0.25, 0.3) is 0 Å². The van der Waals surface area contributed by atoms with Crippen LogP contribution in [0.5, 0.6) is 0 Å². The smallest absolute Gasteiger partial charge is 0.303 e. The maximum atomic E-state index is 12.4. The number of nitrogens with one attached hydrogen (secondary N) is 1. The molecule has 6 fully saturated rings. The Balaban J connectivity index is 0.961. The monoisotopic (exact) mass is 825 g/mol. The highest BCUT2D eigenvalue weighted by Crippen LogP contribution is 2.70. The van der Waals surface area contributed by atoms with Crippen LogP contribution < -0.4 is 5.32 Å². The van der Waals surface area contributed by atoms with E-state index in [0.29, 0.717) is 41.3 Å². The van der Waals surface area contributed by atoms with Crippen LogP contribution >= 0.6 is 0 Å². The Kier molecular flexibility index (Phi) is 11.5. The van der Waals surface area contributed by atoms with Crippen molar-refractivity contribution >= 4 is 23.9 Å². The van der Waals surface area contributed by atoms with Crippen LogP contribution in [0, 0.1) is 46.3 Å². The van der Waals surface area contributed by atoms with Gasteiger partial charge in [0.1, 0.15) is 12.7 Å². The van der Waals surface area contributed by atoms with Crippen molar-refractivity contribution in [3.05, 3.63) is 17.5 Å². The molecule has 1 aromatic rings. The summed E-state index contributed by atoms with van der Waals surface area (Å²) in [6.07, 6.45) is 6.52. The number of hydrogen-bond acceptors (Lipinski definition) is 15. The van der Waals surface area contributed by atoms with Crippen LogP contribution in [-0.4, -0.2) is 99.6 Å². The Morgan fingerprint density at radius 1 is 0.898 bits per heavy atom. The number of hydrogen-bond donors (Lipinski definition) is 1. The number of allylic oxidation sites excluding steroid dienone is 1. The van der Waals surface area contributed by atoms with Crippen molar-refractivity contribution in [3.63, 3.8) is 0 Å². The fourth-order valence-electron chi connectivity index (χ4n) is 13.0. The van der Waals surface area contributed by atoms with Gasteiger partial charge in [-0.3, -0.25) is 19.2 Å². The number of carbonyl (C=O) groups excluding carboxylic acids is 4. The fourth-order valence-corrected chi connectivity index (χ4v) is 13.0. The number of ether oxygens (including phenoxy) is 7. The van der Waals surface area contributed by atoms with E-state index in [-0.39, 0.29) is 36.1 Å². The molecule has 1 aromatic heterocycles. The highest BCUT2D eigenvalue weighted by Gasteiger charge is 2.68.